The highest BCUT2D eigenvalue weighted by Gasteiger charge is 2.15. The summed E-state index contributed by atoms with van der Waals surface area (Å²) in [4.78, 5) is 34.1. The molecule has 0 fully saturated rings. The van der Waals surface area contributed by atoms with E-state index < -0.39 is 26.6 Å². The Balaban J connectivity index is 1.59. The van der Waals surface area contributed by atoms with Crippen LogP contribution in [0.25, 0.3) is 16.9 Å². The van der Waals surface area contributed by atoms with E-state index in [1.807, 2.05) is 0 Å². The number of benzene rings is 2. The molecule has 2 heterocycles. The van der Waals surface area contributed by atoms with Gasteiger partial charge in [0.1, 0.15) is 6.33 Å². The smallest absolute Gasteiger partial charge is 0.332 e. The van der Waals surface area contributed by atoms with Gasteiger partial charge in [0.15, 0.2) is 11.2 Å². The summed E-state index contributed by atoms with van der Waals surface area (Å²) in [6.45, 7) is 0. The lowest BCUT2D eigenvalue weighted by atomic mass is 10.2. The summed E-state index contributed by atoms with van der Waals surface area (Å²) in [6.07, 6.45) is 1.42. The van der Waals surface area contributed by atoms with Crippen molar-refractivity contribution < 1.29 is 17.1 Å². The topological polar surface area (TPSA) is 153 Å². The predicted molar refractivity (Wildman–Crippen MR) is 107 cm³/mol. The number of amides is 1. The zero-order valence-corrected chi connectivity index (χ0v) is 15.9. The number of nitrogens with zero attached hydrogens (tertiary/aromatic N) is 3. The number of carbonyl (C=O) groups is 1. The minimum absolute atomic E-state index is 0.0164. The SMILES string of the molecule is Nc1nc2c(ncn2-c2ccc(NC(=O)c3cccc(S(=O)(=O)F)c3)cc2)c(=O)[nH]1. The van der Waals surface area contributed by atoms with Gasteiger partial charge in [-0.1, -0.05) is 6.07 Å². The van der Waals surface area contributed by atoms with Crippen LogP contribution < -0.4 is 16.6 Å². The van der Waals surface area contributed by atoms with Crippen molar-refractivity contribution in [1.29, 1.82) is 0 Å². The minimum Gasteiger partial charge on any atom is -0.369 e. The zero-order valence-electron chi connectivity index (χ0n) is 15.0. The van der Waals surface area contributed by atoms with Gasteiger partial charge in [-0.3, -0.25) is 19.1 Å². The number of nitrogens with one attached hydrogen (secondary N) is 2. The third kappa shape index (κ3) is 3.63. The van der Waals surface area contributed by atoms with Crippen LogP contribution in [0, 0.1) is 0 Å². The molecule has 0 saturated heterocycles. The quantitative estimate of drug-likeness (QED) is 0.417. The van der Waals surface area contributed by atoms with Crippen LogP contribution in [0.2, 0.25) is 0 Å². The highest BCUT2D eigenvalue weighted by atomic mass is 32.3. The molecule has 0 spiro atoms. The number of H-pyrrole nitrogens is 1. The van der Waals surface area contributed by atoms with E-state index in [0.29, 0.717) is 11.4 Å². The molecule has 0 saturated carbocycles. The highest BCUT2D eigenvalue weighted by Crippen LogP contribution is 2.19. The Hall–Kier alpha value is -4.06. The third-order valence-corrected chi connectivity index (χ3v) is 5.02. The fourth-order valence-corrected chi connectivity index (χ4v) is 3.32. The normalized spacial score (nSPS) is 11.5. The van der Waals surface area contributed by atoms with Crippen LogP contribution in [-0.4, -0.2) is 33.8 Å². The number of anilines is 2. The van der Waals surface area contributed by atoms with E-state index in [-0.39, 0.29) is 22.7 Å². The van der Waals surface area contributed by atoms with Crippen LogP contribution in [0.4, 0.5) is 15.5 Å². The van der Waals surface area contributed by atoms with Crippen LogP contribution >= 0.6 is 0 Å². The van der Waals surface area contributed by atoms with Crippen molar-refractivity contribution in [2.75, 3.05) is 11.1 Å². The number of aromatic nitrogens is 4. The number of nitrogens with two attached hydrogens (primary N) is 1. The van der Waals surface area contributed by atoms with E-state index in [4.69, 9.17) is 5.73 Å². The first-order valence-corrected chi connectivity index (χ1v) is 9.80. The summed E-state index contributed by atoms with van der Waals surface area (Å²) in [5, 5.41) is 2.59. The van der Waals surface area contributed by atoms with Gasteiger partial charge in [0.05, 0.1) is 4.90 Å². The molecule has 0 aliphatic carbocycles. The standard InChI is InChI=1S/C18H13FN6O4S/c19-30(28,29)13-3-1-2-10(8-13)16(26)22-11-4-6-12(7-5-11)25-9-21-14-15(25)23-18(20)24-17(14)27/h1-9H,(H,22,26)(H3,20,23,24,27). The van der Waals surface area contributed by atoms with Gasteiger partial charge in [-0.05, 0) is 42.5 Å². The summed E-state index contributed by atoms with van der Waals surface area (Å²) in [5.74, 6) is -0.655. The van der Waals surface area contributed by atoms with Crippen LogP contribution in [0.1, 0.15) is 10.4 Å². The summed E-state index contributed by atoms with van der Waals surface area (Å²) in [7, 11) is -4.91. The van der Waals surface area contributed by atoms with Crippen molar-refractivity contribution in [2.24, 2.45) is 0 Å². The molecular formula is C18H13FN6O4S. The van der Waals surface area contributed by atoms with E-state index in [2.05, 4.69) is 20.3 Å². The Morgan fingerprint density at radius 2 is 1.90 bits per heavy atom. The van der Waals surface area contributed by atoms with Gasteiger partial charge < -0.3 is 11.1 Å². The fraction of sp³-hybridized carbons (Fsp3) is 0. The molecule has 0 unspecified atom stereocenters. The molecule has 4 rings (SSSR count). The molecule has 2 aromatic carbocycles. The number of fused-ring (bicyclic) bond motifs is 1. The number of carbonyl (C=O) groups excluding carboxylic acids is 1. The Bertz CT molecular complexity index is 1440. The minimum atomic E-state index is -4.91. The van der Waals surface area contributed by atoms with E-state index >= 15 is 0 Å². The molecule has 1 amide bonds. The molecule has 4 N–H and O–H groups in total. The third-order valence-electron chi connectivity index (χ3n) is 4.21. The largest absolute Gasteiger partial charge is 0.369 e. The van der Waals surface area contributed by atoms with Crippen molar-refractivity contribution in [1.82, 2.24) is 19.5 Å². The summed E-state index contributed by atoms with van der Waals surface area (Å²) in [5.41, 5.74) is 6.53. The Morgan fingerprint density at radius 1 is 1.17 bits per heavy atom. The van der Waals surface area contributed by atoms with Crippen molar-refractivity contribution in [3.05, 3.63) is 70.8 Å². The molecule has 0 radical (unpaired) electrons. The molecule has 2 aromatic heterocycles. The molecule has 152 valence electrons. The van der Waals surface area contributed by atoms with E-state index in [1.54, 1.807) is 28.8 Å². The average Bonchev–Trinajstić information content (AvgIpc) is 3.12. The van der Waals surface area contributed by atoms with Gasteiger partial charge in [-0.25, -0.2) is 4.98 Å². The zero-order chi connectivity index (χ0) is 21.5. The second-order valence-electron chi connectivity index (χ2n) is 6.20. The Labute approximate surface area is 168 Å². The highest BCUT2D eigenvalue weighted by molar-refractivity contribution is 7.86. The molecule has 12 heteroatoms. The molecule has 0 aliphatic rings. The molecule has 10 nitrogen and oxygen atoms in total. The lowest BCUT2D eigenvalue weighted by Crippen LogP contribution is -2.13. The number of hydrogen-bond acceptors (Lipinski definition) is 7. The van der Waals surface area contributed by atoms with Gasteiger partial charge in [-0.15, -0.1) is 3.89 Å². The van der Waals surface area contributed by atoms with Gasteiger partial charge in [0.2, 0.25) is 5.95 Å². The molecule has 0 atom stereocenters. The molecule has 4 aromatic rings. The summed E-state index contributed by atoms with van der Waals surface area (Å²) < 4.78 is 36.7. The van der Waals surface area contributed by atoms with Crippen molar-refractivity contribution >= 4 is 38.9 Å². The van der Waals surface area contributed by atoms with E-state index in [0.717, 1.165) is 12.1 Å². The first-order valence-electron chi connectivity index (χ1n) is 8.42. The van der Waals surface area contributed by atoms with Crippen molar-refractivity contribution in [3.63, 3.8) is 0 Å². The van der Waals surface area contributed by atoms with E-state index in [9.17, 15) is 21.9 Å². The first-order chi connectivity index (χ1) is 14.2. The predicted octanol–water partition coefficient (Wildman–Crippen LogP) is 1.60. The maximum absolute atomic E-state index is 13.1. The number of imidazole rings is 1. The van der Waals surface area contributed by atoms with Gasteiger partial charge in [0.25, 0.3) is 11.5 Å². The second-order valence-corrected chi connectivity index (χ2v) is 7.55. The monoisotopic (exact) mass is 428 g/mol. The Morgan fingerprint density at radius 3 is 2.60 bits per heavy atom. The maximum atomic E-state index is 13.1. The average molecular weight is 428 g/mol. The molecular weight excluding hydrogens is 415 g/mol. The van der Waals surface area contributed by atoms with Crippen LogP contribution in [-0.2, 0) is 10.2 Å². The van der Waals surface area contributed by atoms with E-state index in [1.165, 1.54) is 18.5 Å². The maximum Gasteiger partial charge on any atom is 0.332 e. The van der Waals surface area contributed by atoms with Gasteiger partial charge >= 0.3 is 10.2 Å². The first kappa shape index (κ1) is 19.3. The number of hydrogen-bond donors (Lipinski definition) is 3. The number of aromatic amines is 1. The number of nitrogen functional groups attached to an aromatic ring is 1. The van der Waals surface area contributed by atoms with Crippen LogP contribution in [0.15, 0.2) is 64.5 Å². The van der Waals surface area contributed by atoms with Crippen molar-refractivity contribution in [3.8, 4) is 5.69 Å². The van der Waals surface area contributed by atoms with Crippen LogP contribution in [0.5, 0.6) is 0 Å². The molecule has 0 aliphatic heterocycles. The Kier molecular flexibility index (Phi) is 4.54. The lowest BCUT2D eigenvalue weighted by Gasteiger charge is -2.08. The summed E-state index contributed by atoms with van der Waals surface area (Å²) in [6, 6.07) is 11.1. The van der Waals surface area contributed by atoms with Gasteiger partial charge in [0, 0.05) is 16.9 Å². The lowest BCUT2D eigenvalue weighted by molar-refractivity contribution is 0.102. The fourth-order valence-electron chi connectivity index (χ4n) is 2.81. The van der Waals surface area contributed by atoms with Crippen molar-refractivity contribution in [2.45, 2.75) is 4.90 Å². The summed E-state index contributed by atoms with van der Waals surface area (Å²) >= 11 is 0. The van der Waals surface area contributed by atoms with Crippen LogP contribution in [0.3, 0.4) is 0 Å². The second kappa shape index (κ2) is 7.08. The molecule has 30 heavy (non-hydrogen) atoms. The van der Waals surface area contributed by atoms with Gasteiger partial charge in [-0.2, -0.15) is 13.4 Å². The number of rotatable bonds is 4. The number of halogens is 1. The molecule has 0 bridgehead atoms.